The van der Waals surface area contributed by atoms with Gasteiger partial charge in [-0.15, -0.1) is 0 Å². The summed E-state index contributed by atoms with van der Waals surface area (Å²) < 4.78 is 0. The first-order chi connectivity index (χ1) is 9.77. The monoisotopic (exact) mass is 282 g/mol. The Morgan fingerprint density at radius 2 is 1.86 bits per heavy atom. The van der Waals surface area contributed by atoms with Crippen LogP contribution in [0.15, 0.2) is 36.5 Å². The predicted octanol–water partition coefficient (Wildman–Crippen LogP) is 4.25. The van der Waals surface area contributed by atoms with Gasteiger partial charge in [-0.2, -0.15) is 0 Å². The average Bonchev–Trinajstić information content (AvgIpc) is 2.39. The highest BCUT2D eigenvalue weighted by molar-refractivity contribution is 6.04. The molecule has 3 heteroatoms. The molecule has 0 bridgehead atoms. The SMILES string of the molecule is Cc1cccc(C(=O)Nc2cnc(C)c(C(C)(C)C)c2)c1. The Balaban J connectivity index is 2.26. The summed E-state index contributed by atoms with van der Waals surface area (Å²) in [5.41, 5.74) is 4.60. The van der Waals surface area contributed by atoms with Crippen molar-refractivity contribution in [2.24, 2.45) is 0 Å². The highest BCUT2D eigenvalue weighted by atomic mass is 16.1. The van der Waals surface area contributed by atoms with Gasteiger partial charge in [-0.05, 0) is 43.0 Å². The van der Waals surface area contributed by atoms with Crippen LogP contribution in [0, 0.1) is 13.8 Å². The molecule has 1 aromatic carbocycles. The van der Waals surface area contributed by atoms with Crippen molar-refractivity contribution in [2.45, 2.75) is 40.0 Å². The van der Waals surface area contributed by atoms with Crippen LogP contribution in [0.2, 0.25) is 0 Å². The molecule has 2 rings (SSSR count). The number of benzene rings is 1. The van der Waals surface area contributed by atoms with Gasteiger partial charge in [0.1, 0.15) is 0 Å². The second-order valence-electron chi connectivity index (χ2n) is 6.43. The summed E-state index contributed by atoms with van der Waals surface area (Å²) in [6.07, 6.45) is 1.71. The molecule has 21 heavy (non-hydrogen) atoms. The lowest BCUT2D eigenvalue weighted by Crippen LogP contribution is -2.17. The standard InChI is InChI=1S/C18H22N2O/c1-12-7-6-8-14(9-12)17(21)20-15-10-16(18(3,4)5)13(2)19-11-15/h6-11H,1-5H3,(H,20,21). The second-order valence-corrected chi connectivity index (χ2v) is 6.43. The van der Waals surface area contributed by atoms with Gasteiger partial charge in [-0.1, -0.05) is 38.5 Å². The van der Waals surface area contributed by atoms with Gasteiger partial charge >= 0.3 is 0 Å². The lowest BCUT2D eigenvalue weighted by molar-refractivity contribution is 0.102. The Hall–Kier alpha value is -2.16. The van der Waals surface area contributed by atoms with E-state index in [1.807, 2.05) is 44.2 Å². The van der Waals surface area contributed by atoms with Gasteiger partial charge in [0.2, 0.25) is 0 Å². The van der Waals surface area contributed by atoms with Gasteiger partial charge in [-0.25, -0.2) is 0 Å². The minimum atomic E-state index is -0.107. The zero-order valence-electron chi connectivity index (χ0n) is 13.3. The Morgan fingerprint density at radius 3 is 2.48 bits per heavy atom. The summed E-state index contributed by atoms with van der Waals surface area (Å²) in [5.74, 6) is -0.107. The van der Waals surface area contributed by atoms with E-state index in [2.05, 4.69) is 31.1 Å². The number of anilines is 1. The van der Waals surface area contributed by atoms with Crippen molar-refractivity contribution in [1.29, 1.82) is 0 Å². The molecule has 0 radical (unpaired) electrons. The molecule has 1 amide bonds. The number of carbonyl (C=O) groups is 1. The molecule has 0 atom stereocenters. The van der Waals surface area contributed by atoms with E-state index < -0.39 is 0 Å². The quantitative estimate of drug-likeness (QED) is 0.894. The fraction of sp³-hybridized carbons (Fsp3) is 0.333. The maximum Gasteiger partial charge on any atom is 0.255 e. The fourth-order valence-electron chi connectivity index (χ4n) is 2.35. The number of nitrogens with zero attached hydrogens (tertiary/aromatic N) is 1. The molecule has 2 aromatic rings. The third-order valence-electron chi connectivity index (χ3n) is 3.43. The fourth-order valence-corrected chi connectivity index (χ4v) is 2.35. The van der Waals surface area contributed by atoms with Gasteiger partial charge in [0.25, 0.3) is 5.91 Å². The maximum atomic E-state index is 12.3. The molecular formula is C18H22N2O. The van der Waals surface area contributed by atoms with E-state index >= 15 is 0 Å². The molecule has 110 valence electrons. The van der Waals surface area contributed by atoms with E-state index in [1.54, 1.807) is 6.20 Å². The molecule has 0 aliphatic rings. The van der Waals surface area contributed by atoms with E-state index in [0.29, 0.717) is 5.56 Å². The molecule has 0 aliphatic heterocycles. The number of carbonyl (C=O) groups excluding carboxylic acids is 1. The Labute approximate surface area is 126 Å². The zero-order chi connectivity index (χ0) is 15.6. The van der Waals surface area contributed by atoms with Crippen molar-refractivity contribution >= 4 is 11.6 Å². The summed E-state index contributed by atoms with van der Waals surface area (Å²) in [7, 11) is 0. The second kappa shape index (κ2) is 5.68. The molecule has 1 aromatic heterocycles. The number of nitrogens with one attached hydrogen (secondary N) is 1. The van der Waals surface area contributed by atoms with Gasteiger partial charge in [0, 0.05) is 11.3 Å². The van der Waals surface area contributed by atoms with Gasteiger partial charge < -0.3 is 5.32 Å². The molecular weight excluding hydrogens is 260 g/mol. The van der Waals surface area contributed by atoms with Crippen LogP contribution in [0.25, 0.3) is 0 Å². The van der Waals surface area contributed by atoms with Crippen LogP contribution in [0.4, 0.5) is 5.69 Å². The molecule has 0 aliphatic carbocycles. The van der Waals surface area contributed by atoms with Crippen LogP contribution >= 0.6 is 0 Å². The molecule has 0 fully saturated rings. The molecule has 3 nitrogen and oxygen atoms in total. The van der Waals surface area contributed by atoms with Crippen molar-refractivity contribution in [1.82, 2.24) is 4.98 Å². The van der Waals surface area contributed by atoms with Gasteiger partial charge in [0.05, 0.1) is 11.9 Å². The van der Waals surface area contributed by atoms with E-state index in [1.165, 1.54) is 0 Å². The first-order valence-electron chi connectivity index (χ1n) is 7.12. The number of rotatable bonds is 2. The van der Waals surface area contributed by atoms with Crippen LogP contribution in [0.5, 0.6) is 0 Å². The summed E-state index contributed by atoms with van der Waals surface area (Å²) >= 11 is 0. The lowest BCUT2D eigenvalue weighted by Gasteiger charge is -2.21. The van der Waals surface area contributed by atoms with Crippen LogP contribution in [-0.2, 0) is 5.41 Å². The molecule has 0 unspecified atom stereocenters. The maximum absolute atomic E-state index is 12.3. The number of aromatic nitrogens is 1. The van der Waals surface area contributed by atoms with Crippen molar-refractivity contribution in [2.75, 3.05) is 5.32 Å². The number of pyridine rings is 1. The third-order valence-corrected chi connectivity index (χ3v) is 3.43. The van der Waals surface area contributed by atoms with Gasteiger partial charge in [0.15, 0.2) is 0 Å². The lowest BCUT2D eigenvalue weighted by atomic mass is 9.86. The van der Waals surface area contributed by atoms with Crippen LogP contribution in [0.3, 0.4) is 0 Å². The number of hydrogen-bond acceptors (Lipinski definition) is 2. The summed E-state index contributed by atoms with van der Waals surface area (Å²) in [6, 6.07) is 9.56. The van der Waals surface area contributed by atoms with Crippen LogP contribution in [-0.4, -0.2) is 10.9 Å². The highest BCUT2D eigenvalue weighted by Crippen LogP contribution is 2.26. The Kier molecular flexibility index (Phi) is 4.12. The number of hydrogen-bond donors (Lipinski definition) is 1. The molecule has 1 heterocycles. The zero-order valence-corrected chi connectivity index (χ0v) is 13.3. The van der Waals surface area contributed by atoms with Crippen molar-refractivity contribution in [3.05, 3.63) is 58.9 Å². The summed E-state index contributed by atoms with van der Waals surface area (Å²) in [4.78, 5) is 16.7. The first-order valence-corrected chi connectivity index (χ1v) is 7.12. The van der Waals surface area contributed by atoms with E-state index in [4.69, 9.17) is 0 Å². The smallest absolute Gasteiger partial charge is 0.255 e. The van der Waals surface area contributed by atoms with Gasteiger partial charge in [-0.3, -0.25) is 9.78 Å². The Morgan fingerprint density at radius 1 is 1.14 bits per heavy atom. The molecule has 0 spiro atoms. The molecule has 1 N–H and O–H groups in total. The van der Waals surface area contributed by atoms with Crippen molar-refractivity contribution < 1.29 is 4.79 Å². The minimum Gasteiger partial charge on any atom is -0.321 e. The predicted molar refractivity (Wildman–Crippen MR) is 86.8 cm³/mol. The first kappa shape index (κ1) is 15.2. The van der Waals surface area contributed by atoms with Crippen molar-refractivity contribution in [3.63, 3.8) is 0 Å². The van der Waals surface area contributed by atoms with E-state index in [-0.39, 0.29) is 11.3 Å². The van der Waals surface area contributed by atoms with Crippen LogP contribution < -0.4 is 5.32 Å². The third kappa shape index (κ3) is 3.69. The number of amides is 1. The molecule has 0 saturated heterocycles. The largest absolute Gasteiger partial charge is 0.321 e. The normalized spacial score (nSPS) is 11.3. The average molecular weight is 282 g/mol. The van der Waals surface area contributed by atoms with E-state index in [9.17, 15) is 4.79 Å². The minimum absolute atomic E-state index is 0.00115. The summed E-state index contributed by atoms with van der Waals surface area (Å²) in [6.45, 7) is 10.4. The topological polar surface area (TPSA) is 42.0 Å². The van der Waals surface area contributed by atoms with E-state index in [0.717, 1.165) is 22.5 Å². The Bertz CT molecular complexity index is 669. The van der Waals surface area contributed by atoms with Crippen LogP contribution in [0.1, 0.15) is 48.0 Å². The highest BCUT2D eigenvalue weighted by Gasteiger charge is 2.18. The molecule has 0 saturated carbocycles. The summed E-state index contributed by atoms with van der Waals surface area (Å²) in [5, 5.41) is 2.92. The van der Waals surface area contributed by atoms with Crippen molar-refractivity contribution in [3.8, 4) is 0 Å². The number of aryl methyl sites for hydroxylation is 2.